The molecule has 1 fully saturated rings. The molecule has 0 bridgehead atoms. The van der Waals surface area contributed by atoms with Gasteiger partial charge in [-0.2, -0.15) is 5.10 Å². The molecule has 1 atom stereocenters. The van der Waals surface area contributed by atoms with Crippen molar-refractivity contribution in [2.75, 3.05) is 6.54 Å². The first-order chi connectivity index (χ1) is 11.3. The van der Waals surface area contributed by atoms with Crippen LogP contribution in [0.4, 0.5) is 0 Å². The quantitative estimate of drug-likeness (QED) is 0.733. The van der Waals surface area contributed by atoms with E-state index in [4.69, 9.17) is 0 Å². The molecule has 4 nitrogen and oxygen atoms in total. The lowest BCUT2D eigenvalue weighted by atomic mass is 10.1. The Labute approximate surface area is 139 Å². The van der Waals surface area contributed by atoms with Crippen molar-refractivity contribution in [1.29, 1.82) is 0 Å². The summed E-state index contributed by atoms with van der Waals surface area (Å²) in [5, 5.41) is 6.29. The van der Waals surface area contributed by atoms with Gasteiger partial charge in [0.1, 0.15) is 0 Å². The van der Waals surface area contributed by atoms with Gasteiger partial charge in [-0.1, -0.05) is 6.07 Å². The minimum absolute atomic E-state index is 0.118. The zero-order chi connectivity index (χ0) is 15.6. The Kier molecular flexibility index (Phi) is 3.71. The van der Waals surface area contributed by atoms with Gasteiger partial charge in [-0.15, -0.1) is 11.3 Å². The third-order valence-corrected chi connectivity index (χ3v) is 5.24. The molecule has 1 saturated heterocycles. The topological polar surface area (TPSA) is 38.1 Å². The number of hydrogen-bond acceptors (Lipinski definition) is 3. The molecule has 1 aliphatic rings. The maximum absolute atomic E-state index is 12.9. The van der Waals surface area contributed by atoms with Crippen molar-refractivity contribution in [2.45, 2.75) is 18.9 Å². The highest BCUT2D eigenvalue weighted by molar-refractivity contribution is 7.10. The van der Waals surface area contributed by atoms with Gasteiger partial charge in [0, 0.05) is 29.4 Å². The first-order valence-corrected chi connectivity index (χ1v) is 8.65. The van der Waals surface area contributed by atoms with Crippen molar-refractivity contribution in [1.82, 2.24) is 14.7 Å². The number of benzene rings is 1. The molecule has 23 heavy (non-hydrogen) atoms. The van der Waals surface area contributed by atoms with E-state index in [1.54, 1.807) is 22.2 Å². The van der Waals surface area contributed by atoms with Gasteiger partial charge in [0.15, 0.2) is 0 Å². The molecule has 1 aromatic carbocycles. The second-order valence-corrected chi connectivity index (χ2v) is 6.65. The second kappa shape index (κ2) is 6.01. The molecule has 0 saturated carbocycles. The van der Waals surface area contributed by atoms with Crippen LogP contribution in [0.25, 0.3) is 5.69 Å². The highest BCUT2D eigenvalue weighted by Gasteiger charge is 2.31. The number of likely N-dealkylation sites (tertiary alicyclic amines) is 1. The molecule has 0 spiro atoms. The monoisotopic (exact) mass is 323 g/mol. The average molecular weight is 323 g/mol. The fraction of sp³-hybridized carbons (Fsp3) is 0.222. The van der Waals surface area contributed by atoms with Gasteiger partial charge in [0.2, 0.25) is 0 Å². The molecule has 3 aromatic rings. The van der Waals surface area contributed by atoms with Gasteiger partial charge in [-0.25, -0.2) is 4.68 Å². The molecule has 4 rings (SSSR count). The van der Waals surface area contributed by atoms with Crippen molar-refractivity contribution >= 4 is 17.2 Å². The molecular formula is C18H17N3OS. The van der Waals surface area contributed by atoms with E-state index in [0.29, 0.717) is 0 Å². The van der Waals surface area contributed by atoms with E-state index in [-0.39, 0.29) is 11.9 Å². The van der Waals surface area contributed by atoms with Crippen molar-refractivity contribution in [2.24, 2.45) is 0 Å². The maximum atomic E-state index is 12.9. The van der Waals surface area contributed by atoms with Crippen molar-refractivity contribution in [3.05, 3.63) is 70.7 Å². The zero-order valence-corrected chi connectivity index (χ0v) is 13.4. The molecular weight excluding hydrogens is 306 g/mol. The number of rotatable bonds is 3. The second-order valence-electron chi connectivity index (χ2n) is 5.67. The summed E-state index contributed by atoms with van der Waals surface area (Å²) in [6, 6.07) is 14.0. The summed E-state index contributed by atoms with van der Waals surface area (Å²) in [5.74, 6) is 0.118. The Morgan fingerprint density at radius 3 is 2.74 bits per heavy atom. The first-order valence-electron chi connectivity index (χ1n) is 7.77. The fourth-order valence-corrected chi connectivity index (χ4v) is 4.00. The Bertz CT molecular complexity index is 778. The maximum Gasteiger partial charge on any atom is 0.254 e. The van der Waals surface area contributed by atoms with Gasteiger partial charge in [0.05, 0.1) is 11.7 Å². The normalized spacial score (nSPS) is 17.6. The SMILES string of the molecule is O=C(c1ccc(-n2cccn2)cc1)N1CCCC1c1cccs1. The third kappa shape index (κ3) is 2.68. The molecule has 1 aliphatic heterocycles. The number of amides is 1. The van der Waals surface area contributed by atoms with Crippen LogP contribution in [0, 0.1) is 0 Å². The van der Waals surface area contributed by atoms with Crippen LogP contribution in [0.15, 0.2) is 60.2 Å². The van der Waals surface area contributed by atoms with Gasteiger partial charge in [0.25, 0.3) is 5.91 Å². The Hall–Kier alpha value is -2.40. The Morgan fingerprint density at radius 1 is 1.17 bits per heavy atom. The van der Waals surface area contributed by atoms with Gasteiger partial charge in [-0.05, 0) is 54.6 Å². The van der Waals surface area contributed by atoms with E-state index in [1.807, 2.05) is 41.4 Å². The first kappa shape index (κ1) is 14.2. The summed E-state index contributed by atoms with van der Waals surface area (Å²) >= 11 is 1.73. The zero-order valence-electron chi connectivity index (χ0n) is 12.6. The van der Waals surface area contributed by atoms with Crippen LogP contribution in [0.5, 0.6) is 0 Å². The lowest BCUT2D eigenvalue weighted by Gasteiger charge is -2.24. The van der Waals surface area contributed by atoms with E-state index in [1.165, 1.54) is 4.88 Å². The summed E-state index contributed by atoms with van der Waals surface area (Å²) < 4.78 is 1.79. The molecule has 0 aliphatic carbocycles. The van der Waals surface area contributed by atoms with Crippen LogP contribution in [-0.4, -0.2) is 27.1 Å². The highest BCUT2D eigenvalue weighted by atomic mass is 32.1. The minimum Gasteiger partial charge on any atom is -0.331 e. The third-order valence-electron chi connectivity index (χ3n) is 4.27. The van der Waals surface area contributed by atoms with Gasteiger partial charge < -0.3 is 4.90 Å². The highest BCUT2D eigenvalue weighted by Crippen LogP contribution is 2.35. The van der Waals surface area contributed by atoms with Crippen LogP contribution in [0.2, 0.25) is 0 Å². The largest absolute Gasteiger partial charge is 0.331 e. The van der Waals surface area contributed by atoms with Crippen LogP contribution in [0.1, 0.15) is 34.1 Å². The fourth-order valence-electron chi connectivity index (χ4n) is 3.13. The summed E-state index contributed by atoms with van der Waals surface area (Å²) in [7, 11) is 0. The van der Waals surface area contributed by atoms with E-state index < -0.39 is 0 Å². The molecule has 3 heterocycles. The van der Waals surface area contributed by atoms with E-state index in [0.717, 1.165) is 30.6 Å². The molecule has 5 heteroatoms. The number of nitrogens with zero attached hydrogens (tertiary/aromatic N) is 3. The molecule has 0 N–H and O–H groups in total. The number of aromatic nitrogens is 2. The summed E-state index contributed by atoms with van der Waals surface area (Å²) in [4.78, 5) is 16.1. The molecule has 116 valence electrons. The average Bonchev–Trinajstić information content (AvgIpc) is 3.35. The van der Waals surface area contributed by atoms with Crippen LogP contribution in [0.3, 0.4) is 0 Å². The van der Waals surface area contributed by atoms with E-state index in [2.05, 4.69) is 22.6 Å². The lowest BCUT2D eigenvalue weighted by molar-refractivity contribution is 0.0738. The molecule has 1 unspecified atom stereocenters. The summed E-state index contributed by atoms with van der Waals surface area (Å²) in [6.45, 7) is 0.836. The predicted molar refractivity (Wildman–Crippen MR) is 90.9 cm³/mol. The standard InChI is InChI=1S/C18H17N3OS/c22-18(20-11-1-4-16(20)17-5-2-13-23-17)14-6-8-15(9-7-14)21-12-3-10-19-21/h2-3,5-10,12-13,16H,1,4,11H2. The smallest absolute Gasteiger partial charge is 0.254 e. The molecule has 2 aromatic heterocycles. The number of carbonyl (C=O) groups excluding carboxylic acids is 1. The molecule has 1 amide bonds. The van der Waals surface area contributed by atoms with Crippen LogP contribution < -0.4 is 0 Å². The van der Waals surface area contributed by atoms with Crippen LogP contribution >= 0.6 is 11.3 Å². The number of carbonyl (C=O) groups is 1. The van der Waals surface area contributed by atoms with Gasteiger partial charge in [-0.3, -0.25) is 4.79 Å². The summed E-state index contributed by atoms with van der Waals surface area (Å²) in [6.07, 6.45) is 5.76. The van der Waals surface area contributed by atoms with E-state index >= 15 is 0 Å². The summed E-state index contributed by atoms with van der Waals surface area (Å²) in [5.41, 5.74) is 1.70. The van der Waals surface area contributed by atoms with E-state index in [9.17, 15) is 4.79 Å². The lowest BCUT2D eigenvalue weighted by Crippen LogP contribution is -2.30. The Morgan fingerprint density at radius 2 is 2.04 bits per heavy atom. The predicted octanol–water partition coefficient (Wildman–Crippen LogP) is 3.91. The Balaban J connectivity index is 1.56. The van der Waals surface area contributed by atoms with Crippen molar-refractivity contribution < 1.29 is 4.79 Å². The van der Waals surface area contributed by atoms with Crippen molar-refractivity contribution in [3.8, 4) is 5.69 Å². The van der Waals surface area contributed by atoms with Gasteiger partial charge >= 0.3 is 0 Å². The number of hydrogen-bond donors (Lipinski definition) is 0. The molecule has 0 radical (unpaired) electrons. The minimum atomic E-state index is 0.118. The van der Waals surface area contributed by atoms with Crippen LogP contribution in [-0.2, 0) is 0 Å². The van der Waals surface area contributed by atoms with Crippen molar-refractivity contribution in [3.63, 3.8) is 0 Å². The number of thiophene rings is 1.